The normalized spacial score (nSPS) is 10.4. The smallest absolute Gasteiger partial charge is 0.320 e. The number of pyridine rings is 1. The standard InChI is InChI=1S/C16H16F3N3O.2ClH/c1-2-20-9-11-5-3-4-6-13(11)22-15(23)14-8-7-12(10-21-14)16(17,18)19;;/h3-8,10,20H,2,9H2,1H3,(H,22,23);2*1H. The highest BCUT2D eigenvalue weighted by molar-refractivity contribution is 6.03. The third-order valence-corrected chi connectivity index (χ3v) is 3.15. The van der Waals surface area contributed by atoms with Crippen molar-refractivity contribution in [2.45, 2.75) is 19.6 Å². The number of rotatable bonds is 5. The maximum absolute atomic E-state index is 12.5. The molecule has 138 valence electrons. The van der Waals surface area contributed by atoms with Crippen LogP contribution in [0.2, 0.25) is 0 Å². The van der Waals surface area contributed by atoms with E-state index in [1.54, 1.807) is 12.1 Å². The first-order chi connectivity index (χ1) is 10.9. The molecule has 0 bridgehead atoms. The molecule has 0 aliphatic carbocycles. The Morgan fingerprint density at radius 3 is 2.36 bits per heavy atom. The zero-order valence-corrected chi connectivity index (χ0v) is 14.9. The lowest BCUT2D eigenvalue weighted by molar-refractivity contribution is -0.137. The van der Waals surface area contributed by atoms with Gasteiger partial charge in [0, 0.05) is 18.4 Å². The number of carbonyl (C=O) groups excluding carboxylic acids is 1. The van der Waals surface area contributed by atoms with Gasteiger partial charge in [0.15, 0.2) is 0 Å². The fraction of sp³-hybridized carbons (Fsp3) is 0.250. The summed E-state index contributed by atoms with van der Waals surface area (Å²) in [5, 5.41) is 5.82. The topological polar surface area (TPSA) is 54.0 Å². The SMILES string of the molecule is CCNCc1ccccc1NC(=O)c1ccc(C(F)(F)F)cn1.Cl.Cl. The molecule has 0 unspecified atom stereocenters. The molecular formula is C16H18Cl2F3N3O. The van der Waals surface area contributed by atoms with Crippen LogP contribution in [0.25, 0.3) is 0 Å². The molecule has 0 aliphatic rings. The molecule has 9 heteroatoms. The molecule has 1 aromatic carbocycles. The van der Waals surface area contributed by atoms with E-state index in [1.165, 1.54) is 0 Å². The van der Waals surface area contributed by atoms with Gasteiger partial charge in [0.25, 0.3) is 5.91 Å². The van der Waals surface area contributed by atoms with Crippen LogP contribution in [0.3, 0.4) is 0 Å². The summed E-state index contributed by atoms with van der Waals surface area (Å²) < 4.78 is 37.5. The van der Waals surface area contributed by atoms with Gasteiger partial charge in [-0.05, 0) is 30.3 Å². The van der Waals surface area contributed by atoms with Gasteiger partial charge >= 0.3 is 6.18 Å². The van der Waals surface area contributed by atoms with Gasteiger partial charge in [0.05, 0.1) is 5.56 Å². The van der Waals surface area contributed by atoms with E-state index in [4.69, 9.17) is 0 Å². The third kappa shape index (κ3) is 6.53. The molecule has 0 aliphatic heterocycles. The lowest BCUT2D eigenvalue weighted by Gasteiger charge is -2.11. The van der Waals surface area contributed by atoms with E-state index in [0.717, 1.165) is 24.2 Å². The van der Waals surface area contributed by atoms with E-state index in [9.17, 15) is 18.0 Å². The van der Waals surface area contributed by atoms with Crippen LogP contribution in [0.1, 0.15) is 28.5 Å². The number of alkyl halides is 3. The fourth-order valence-electron chi connectivity index (χ4n) is 1.94. The molecule has 0 radical (unpaired) electrons. The number of nitrogens with one attached hydrogen (secondary N) is 2. The number of halogens is 5. The number of hydrogen-bond acceptors (Lipinski definition) is 3. The van der Waals surface area contributed by atoms with Crippen molar-refractivity contribution in [2.24, 2.45) is 0 Å². The second-order valence-corrected chi connectivity index (χ2v) is 4.82. The van der Waals surface area contributed by atoms with E-state index >= 15 is 0 Å². The minimum absolute atomic E-state index is 0. The van der Waals surface area contributed by atoms with Crippen LogP contribution in [0.15, 0.2) is 42.6 Å². The maximum Gasteiger partial charge on any atom is 0.417 e. The first-order valence-corrected chi connectivity index (χ1v) is 7.05. The average Bonchev–Trinajstić information content (AvgIpc) is 2.53. The zero-order valence-electron chi connectivity index (χ0n) is 13.3. The Bertz CT molecular complexity index is 679. The Labute approximate surface area is 156 Å². The van der Waals surface area contributed by atoms with Crippen molar-refractivity contribution in [3.05, 3.63) is 59.4 Å². The van der Waals surface area contributed by atoms with Gasteiger partial charge in [-0.3, -0.25) is 9.78 Å². The van der Waals surface area contributed by atoms with Crippen LogP contribution in [-0.4, -0.2) is 17.4 Å². The minimum atomic E-state index is -4.47. The van der Waals surface area contributed by atoms with E-state index < -0.39 is 17.6 Å². The van der Waals surface area contributed by atoms with Crippen LogP contribution in [0.5, 0.6) is 0 Å². The number of benzene rings is 1. The van der Waals surface area contributed by atoms with Crippen LogP contribution >= 0.6 is 24.8 Å². The minimum Gasteiger partial charge on any atom is -0.320 e. The highest BCUT2D eigenvalue weighted by Gasteiger charge is 2.30. The number of amides is 1. The summed E-state index contributed by atoms with van der Waals surface area (Å²) in [6.45, 7) is 3.32. The van der Waals surface area contributed by atoms with E-state index in [1.807, 2.05) is 19.1 Å². The summed E-state index contributed by atoms with van der Waals surface area (Å²) in [5.74, 6) is -0.553. The summed E-state index contributed by atoms with van der Waals surface area (Å²) in [4.78, 5) is 15.7. The number of anilines is 1. The van der Waals surface area contributed by atoms with Gasteiger partial charge in [-0.15, -0.1) is 24.8 Å². The summed E-state index contributed by atoms with van der Waals surface area (Å²) >= 11 is 0. The molecule has 2 N–H and O–H groups in total. The lowest BCUT2D eigenvalue weighted by atomic mass is 10.1. The highest BCUT2D eigenvalue weighted by atomic mass is 35.5. The predicted octanol–water partition coefficient (Wildman–Crippen LogP) is 4.31. The van der Waals surface area contributed by atoms with E-state index in [0.29, 0.717) is 18.4 Å². The Morgan fingerprint density at radius 2 is 1.80 bits per heavy atom. The number of hydrogen-bond donors (Lipinski definition) is 2. The van der Waals surface area contributed by atoms with Gasteiger partial charge in [-0.1, -0.05) is 25.1 Å². The van der Waals surface area contributed by atoms with Crippen molar-refractivity contribution >= 4 is 36.4 Å². The molecule has 0 spiro atoms. The summed E-state index contributed by atoms with van der Waals surface area (Å²) in [6, 6.07) is 9.11. The number of aromatic nitrogens is 1. The summed E-state index contributed by atoms with van der Waals surface area (Å²) in [7, 11) is 0. The first-order valence-electron chi connectivity index (χ1n) is 7.05. The molecule has 0 saturated carbocycles. The van der Waals surface area contributed by atoms with Crippen LogP contribution < -0.4 is 10.6 Å². The fourth-order valence-corrected chi connectivity index (χ4v) is 1.94. The van der Waals surface area contributed by atoms with Crippen molar-refractivity contribution in [3.8, 4) is 0 Å². The Morgan fingerprint density at radius 1 is 1.12 bits per heavy atom. The second kappa shape index (κ2) is 10.2. The predicted molar refractivity (Wildman–Crippen MR) is 95.5 cm³/mol. The molecule has 0 fully saturated rings. The zero-order chi connectivity index (χ0) is 16.9. The molecule has 0 atom stereocenters. The quantitative estimate of drug-likeness (QED) is 0.792. The van der Waals surface area contributed by atoms with Gasteiger partial charge < -0.3 is 10.6 Å². The molecule has 1 heterocycles. The van der Waals surface area contributed by atoms with Crippen molar-refractivity contribution in [3.63, 3.8) is 0 Å². The highest BCUT2D eigenvalue weighted by Crippen LogP contribution is 2.28. The molecule has 1 aromatic heterocycles. The third-order valence-electron chi connectivity index (χ3n) is 3.15. The largest absolute Gasteiger partial charge is 0.417 e. The number of para-hydroxylation sites is 1. The molecule has 2 aromatic rings. The van der Waals surface area contributed by atoms with Gasteiger partial charge in [0.2, 0.25) is 0 Å². The van der Waals surface area contributed by atoms with Crippen molar-refractivity contribution < 1.29 is 18.0 Å². The van der Waals surface area contributed by atoms with Gasteiger partial charge in [-0.25, -0.2) is 0 Å². The van der Waals surface area contributed by atoms with E-state index in [2.05, 4.69) is 15.6 Å². The van der Waals surface area contributed by atoms with Gasteiger partial charge in [0.1, 0.15) is 5.69 Å². The Balaban J connectivity index is 0.00000288. The lowest BCUT2D eigenvalue weighted by Crippen LogP contribution is -2.18. The van der Waals surface area contributed by atoms with E-state index in [-0.39, 0.29) is 30.5 Å². The second-order valence-electron chi connectivity index (χ2n) is 4.82. The molecule has 1 amide bonds. The molecule has 25 heavy (non-hydrogen) atoms. The van der Waals surface area contributed by atoms with Crippen LogP contribution in [0, 0.1) is 0 Å². The maximum atomic E-state index is 12.5. The van der Waals surface area contributed by atoms with Crippen molar-refractivity contribution in [2.75, 3.05) is 11.9 Å². The van der Waals surface area contributed by atoms with Gasteiger partial charge in [-0.2, -0.15) is 13.2 Å². The van der Waals surface area contributed by atoms with Crippen LogP contribution in [-0.2, 0) is 12.7 Å². The van der Waals surface area contributed by atoms with Crippen molar-refractivity contribution in [1.82, 2.24) is 10.3 Å². The first kappa shape index (κ1) is 23.2. The number of carbonyl (C=O) groups is 1. The molecular weight excluding hydrogens is 378 g/mol. The molecule has 4 nitrogen and oxygen atoms in total. The average molecular weight is 396 g/mol. The monoisotopic (exact) mass is 395 g/mol. The number of nitrogens with zero attached hydrogens (tertiary/aromatic N) is 1. The molecule has 2 rings (SSSR count). The van der Waals surface area contributed by atoms with Crippen molar-refractivity contribution in [1.29, 1.82) is 0 Å². The molecule has 0 saturated heterocycles. The Kier molecular flexibility index (Phi) is 9.48. The summed E-state index contributed by atoms with van der Waals surface area (Å²) in [5.41, 5.74) is 0.521. The van der Waals surface area contributed by atoms with Crippen LogP contribution in [0.4, 0.5) is 18.9 Å². The summed E-state index contributed by atoms with van der Waals surface area (Å²) in [6.07, 6.45) is -3.82. The Hall–Kier alpha value is -1.83.